The van der Waals surface area contributed by atoms with E-state index in [0.717, 1.165) is 28.1 Å². The van der Waals surface area contributed by atoms with E-state index in [1.54, 1.807) is 6.20 Å². The number of benzene rings is 1. The van der Waals surface area contributed by atoms with Gasteiger partial charge in [0.25, 0.3) is 0 Å². The summed E-state index contributed by atoms with van der Waals surface area (Å²) >= 11 is 0. The van der Waals surface area contributed by atoms with Gasteiger partial charge in [-0.15, -0.1) is 0 Å². The summed E-state index contributed by atoms with van der Waals surface area (Å²) in [7, 11) is 0. The van der Waals surface area contributed by atoms with E-state index < -0.39 is 11.6 Å². The molecule has 0 amide bonds. The number of fused-ring (bicyclic) bond motifs is 4. The van der Waals surface area contributed by atoms with Crippen LogP contribution in [0, 0.1) is 6.92 Å². The third-order valence-electron chi connectivity index (χ3n) is 4.68. The molecule has 1 aliphatic heterocycles. The van der Waals surface area contributed by atoms with Gasteiger partial charge in [0.2, 0.25) is 0 Å². The van der Waals surface area contributed by atoms with Crippen molar-refractivity contribution in [2.45, 2.75) is 53.4 Å². The van der Waals surface area contributed by atoms with Gasteiger partial charge in [-0.25, -0.2) is 0 Å². The number of rotatable bonds is 3. The van der Waals surface area contributed by atoms with E-state index in [0.29, 0.717) is 23.2 Å². The van der Waals surface area contributed by atoms with Crippen LogP contribution in [0.2, 0.25) is 0 Å². The Hall–Kier alpha value is -3.22. The lowest BCUT2D eigenvalue weighted by molar-refractivity contribution is -0.155. The number of aromatic nitrogens is 3. The van der Waals surface area contributed by atoms with E-state index in [1.165, 1.54) is 11.6 Å². The van der Waals surface area contributed by atoms with Crippen molar-refractivity contribution in [2.75, 3.05) is 0 Å². The number of esters is 1. The number of pyridine rings is 1. The lowest BCUT2D eigenvalue weighted by Crippen LogP contribution is -2.26. The molecule has 0 bridgehead atoms. The summed E-state index contributed by atoms with van der Waals surface area (Å²) in [4.78, 5) is 28.9. The molecule has 0 aliphatic carbocycles. The van der Waals surface area contributed by atoms with Gasteiger partial charge in [0.15, 0.2) is 5.78 Å². The first-order valence-electron chi connectivity index (χ1n) is 9.48. The number of nitrogens with zero attached hydrogens (tertiary/aromatic N) is 3. The van der Waals surface area contributed by atoms with Crippen LogP contribution >= 0.6 is 0 Å². The molecule has 0 saturated carbocycles. The van der Waals surface area contributed by atoms with E-state index in [4.69, 9.17) is 9.47 Å². The second-order valence-electron chi connectivity index (χ2n) is 8.29. The standard InChI is InChI=1S/C22H23N3O4/c1-12-6-19-17(9-23-12)15-8-16-18(7-14(15)11-28-19)25(24-21(16)13(2)26)10-20(27)29-22(3,4)5/h6-9H,10-11H2,1-5H3. The van der Waals surface area contributed by atoms with E-state index in [9.17, 15) is 9.59 Å². The highest BCUT2D eigenvalue weighted by molar-refractivity contribution is 6.06. The first kappa shape index (κ1) is 19.1. The Bertz CT molecular complexity index is 1160. The normalized spacial score (nSPS) is 12.9. The number of aryl methyl sites for hydroxylation is 1. The van der Waals surface area contributed by atoms with Crippen molar-refractivity contribution in [2.24, 2.45) is 0 Å². The van der Waals surface area contributed by atoms with Gasteiger partial charge in [0.1, 0.15) is 30.2 Å². The molecule has 0 unspecified atom stereocenters. The van der Waals surface area contributed by atoms with Gasteiger partial charge in [-0.2, -0.15) is 5.10 Å². The molecule has 29 heavy (non-hydrogen) atoms. The SMILES string of the molecule is CC(=O)c1nn(CC(=O)OC(C)(C)C)c2cc3c(cc12)-c1cnc(C)cc1OC3. The fraction of sp³-hybridized carbons (Fsp3) is 0.364. The average Bonchev–Trinajstić information content (AvgIpc) is 2.95. The lowest BCUT2D eigenvalue weighted by atomic mass is 9.95. The molecule has 2 aromatic heterocycles. The number of hydrogen-bond acceptors (Lipinski definition) is 6. The molecule has 7 nitrogen and oxygen atoms in total. The summed E-state index contributed by atoms with van der Waals surface area (Å²) in [5.41, 5.74) is 4.12. The minimum absolute atomic E-state index is 0.0714. The Morgan fingerprint density at radius 1 is 1.21 bits per heavy atom. The minimum Gasteiger partial charge on any atom is -0.488 e. The summed E-state index contributed by atoms with van der Waals surface area (Å²) in [5.74, 6) is 0.207. The molecule has 0 atom stereocenters. The summed E-state index contributed by atoms with van der Waals surface area (Å²) in [6.45, 7) is 9.15. The van der Waals surface area contributed by atoms with E-state index in [-0.39, 0.29) is 12.3 Å². The molecule has 150 valence electrons. The van der Waals surface area contributed by atoms with Crippen LogP contribution < -0.4 is 4.74 Å². The first-order chi connectivity index (χ1) is 13.6. The quantitative estimate of drug-likeness (QED) is 0.497. The fourth-order valence-corrected chi connectivity index (χ4v) is 3.52. The lowest BCUT2D eigenvalue weighted by Gasteiger charge is -2.21. The largest absolute Gasteiger partial charge is 0.488 e. The molecule has 4 rings (SSSR count). The van der Waals surface area contributed by atoms with E-state index in [1.807, 2.05) is 45.9 Å². The molecule has 7 heteroatoms. The molecule has 0 N–H and O–H groups in total. The average molecular weight is 393 g/mol. The van der Waals surface area contributed by atoms with Crippen molar-refractivity contribution >= 4 is 22.7 Å². The molecular formula is C22H23N3O4. The Morgan fingerprint density at radius 2 is 1.97 bits per heavy atom. The van der Waals surface area contributed by atoms with Crippen LogP contribution in [0.25, 0.3) is 22.0 Å². The summed E-state index contributed by atoms with van der Waals surface area (Å²) in [5, 5.41) is 5.11. The Labute approximate surface area is 168 Å². The zero-order valence-corrected chi connectivity index (χ0v) is 17.2. The van der Waals surface area contributed by atoms with Gasteiger partial charge in [-0.3, -0.25) is 19.3 Å². The van der Waals surface area contributed by atoms with E-state index in [2.05, 4.69) is 10.1 Å². The number of Topliss-reactive ketones (excluding diaryl/α,β-unsaturated/α-hetero) is 1. The molecule has 3 aromatic rings. The predicted octanol–water partition coefficient (Wildman–Crippen LogP) is 3.84. The van der Waals surface area contributed by atoms with Crippen LogP contribution in [0.5, 0.6) is 5.75 Å². The third-order valence-corrected chi connectivity index (χ3v) is 4.68. The highest BCUT2D eigenvalue weighted by Crippen LogP contribution is 2.39. The molecule has 0 spiro atoms. The fourth-order valence-electron chi connectivity index (χ4n) is 3.52. The van der Waals surface area contributed by atoms with Gasteiger partial charge >= 0.3 is 5.97 Å². The molecule has 0 fully saturated rings. The van der Waals surface area contributed by atoms with Crippen LogP contribution in [0.3, 0.4) is 0 Å². The summed E-state index contributed by atoms with van der Waals surface area (Å²) in [6, 6.07) is 5.77. The summed E-state index contributed by atoms with van der Waals surface area (Å²) < 4.78 is 12.8. The molecule has 1 aromatic carbocycles. The van der Waals surface area contributed by atoms with Gasteiger partial charge < -0.3 is 9.47 Å². The van der Waals surface area contributed by atoms with Crippen molar-refractivity contribution < 1.29 is 19.1 Å². The van der Waals surface area contributed by atoms with Gasteiger partial charge in [-0.1, -0.05) is 0 Å². The maximum atomic E-state index is 12.3. The van der Waals surface area contributed by atoms with Crippen molar-refractivity contribution in [1.82, 2.24) is 14.8 Å². The van der Waals surface area contributed by atoms with Crippen LogP contribution in [0.1, 0.15) is 49.4 Å². The van der Waals surface area contributed by atoms with Gasteiger partial charge in [0, 0.05) is 35.8 Å². The Kier molecular flexibility index (Phi) is 4.41. The predicted molar refractivity (Wildman–Crippen MR) is 108 cm³/mol. The van der Waals surface area contributed by atoms with Crippen LogP contribution in [-0.4, -0.2) is 32.1 Å². The number of ketones is 1. The summed E-state index contributed by atoms with van der Waals surface area (Å²) in [6.07, 6.45) is 1.78. The van der Waals surface area contributed by atoms with Gasteiger partial charge in [-0.05, 0) is 51.0 Å². The van der Waals surface area contributed by atoms with Crippen LogP contribution in [0.15, 0.2) is 24.4 Å². The highest BCUT2D eigenvalue weighted by atomic mass is 16.6. The minimum atomic E-state index is -0.592. The van der Waals surface area contributed by atoms with Crippen molar-refractivity contribution in [3.63, 3.8) is 0 Å². The zero-order chi connectivity index (χ0) is 20.9. The smallest absolute Gasteiger partial charge is 0.328 e. The number of hydrogen-bond donors (Lipinski definition) is 0. The number of ether oxygens (including phenoxy) is 2. The van der Waals surface area contributed by atoms with E-state index >= 15 is 0 Å². The topological polar surface area (TPSA) is 83.3 Å². The highest BCUT2D eigenvalue weighted by Gasteiger charge is 2.24. The number of carbonyl (C=O) groups excluding carboxylic acids is 2. The molecule has 0 saturated heterocycles. The van der Waals surface area contributed by atoms with Crippen LogP contribution in [-0.2, 0) is 22.7 Å². The molecule has 0 radical (unpaired) electrons. The second-order valence-corrected chi connectivity index (χ2v) is 8.29. The van der Waals surface area contributed by atoms with Crippen molar-refractivity contribution in [1.29, 1.82) is 0 Å². The zero-order valence-electron chi connectivity index (χ0n) is 17.2. The van der Waals surface area contributed by atoms with Crippen molar-refractivity contribution in [3.8, 4) is 16.9 Å². The Balaban J connectivity index is 1.84. The van der Waals surface area contributed by atoms with Crippen LogP contribution in [0.4, 0.5) is 0 Å². The first-order valence-corrected chi connectivity index (χ1v) is 9.48. The van der Waals surface area contributed by atoms with Crippen molar-refractivity contribution in [3.05, 3.63) is 41.3 Å². The molecular weight excluding hydrogens is 370 g/mol. The maximum Gasteiger partial charge on any atom is 0.328 e. The second kappa shape index (κ2) is 6.69. The molecule has 3 heterocycles. The maximum absolute atomic E-state index is 12.3. The Morgan fingerprint density at radius 3 is 2.66 bits per heavy atom. The van der Waals surface area contributed by atoms with Gasteiger partial charge in [0.05, 0.1) is 5.52 Å². The molecule has 1 aliphatic rings. The number of carbonyl (C=O) groups is 2. The monoisotopic (exact) mass is 393 g/mol. The third kappa shape index (κ3) is 3.60.